The maximum Gasteiger partial charge on any atom is 0.412 e. The second-order valence-electron chi connectivity index (χ2n) is 7.24. The van der Waals surface area contributed by atoms with Crippen molar-refractivity contribution in [2.24, 2.45) is 0 Å². The van der Waals surface area contributed by atoms with Crippen molar-refractivity contribution in [3.05, 3.63) is 28.8 Å². The Bertz CT molecular complexity index is 558. The minimum Gasteiger partial charge on any atom is -0.444 e. The number of carbonyl (C=O) groups is 1. The number of amides is 1. The topological polar surface area (TPSA) is 53.6 Å². The van der Waals surface area contributed by atoms with Gasteiger partial charge in [0.1, 0.15) is 5.60 Å². The molecule has 0 spiro atoms. The molecule has 1 aromatic rings. The molecule has 2 N–H and O–H groups in total. The highest BCUT2D eigenvalue weighted by molar-refractivity contribution is 5.86. The van der Waals surface area contributed by atoms with Crippen molar-refractivity contribution < 1.29 is 9.53 Å². The molecule has 1 aliphatic heterocycles. The highest BCUT2D eigenvalue weighted by Gasteiger charge is 2.18. The lowest BCUT2D eigenvalue weighted by Gasteiger charge is -2.27. The van der Waals surface area contributed by atoms with Gasteiger partial charge in [-0.25, -0.2) is 4.79 Å². The molecular formula is C18H29N3O2. The van der Waals surface area contributed by atoms with Crippen LogP contribution in [0.3, 0.4) is 0 Å². The SMILES string of the molecule is Cc1cc(CN2CCNCC2)cc(NC(=O)OC(C)(C)C)c1C. The Kier molecular flexibility index (Phi) is 5.65. The summed E-state index contributed by atoms with van der Waals surface area (Å²) in [5.41, 5.74) is 3.83. The fourth-order valence-corrected chi connectivity index (χ4v) is 2.70. The summed E-state index contributed by atoms with van der Waals surface area (Å²) >= 11 is 0. The van der Waals surface area contributed by atoms with E-state index in [1.807, 2.05) is 27.7 Å². The predicted octanol–water partition coefficient (Wildman–Crippen LogP) is 3.06. The molecule has 1 aliphatic rings. The summed E-state index contributed by atoms with van der Waals surface area (Å²) in [6.45, 7) is 14.8. The molecule has 5 heteroatoms. The van der Waals surface area contributed by atoms with Crippen LogP contribution >= 0.6 is 0 Å². The Morgan fingerprint density at radius 1 is 1.26 bits per heavy atom. The molecule has 0 radical (unpaired) electrons. The Labute approximate surface area is 139 Å². The Morgan fingerprint density at radius 3 is 2.52 bits per heavy atom. The maximum absolute atomic E-state index is 12.0. The lowest BCUT2D eigenvalue weighted by atomic mass is 10.0. The first-order valence-corrected chi connectivity index (χ1v) is 8.28. The van der Waals surface area contributed by atoms with Crippen LogP contribution in [0.1, 0.15) is 37.5 Å². The number of rotatable bonds is 3. The molecule has 0 atom stereocenters. The summed E-state index contributed by atoms with van der Waals surface area (Å²) in [5, 5.41) is 6.26. The summed E-state index contributed by atoms with van der Waals surface area (Å²) in [6.07, 6.45) is -0.403. The molecule has 1 saturated heterocycles. The van der Waals surface area contributed by atoms with Gasteiger partial charge in [0.2, 0.25) is 0 Å². The first kappa shape index (κ1) is 17.8. The van der Waals surface area contributed by atoms with Crippen molar-refractivity contribution in [1.29, 1.82) is 0 Å². The van der Waals surface area contributed by atoms with E-state index in [0.717, 1.165) is 44.0 Å². The van der Waals surface area contributed by atoms with Crippen LogP contribution in [0.25, 0.3) is 0 Å². The quantitative estimate of drug-likeness (QED) is 0.899. The average Bonchev–Trinajstić information content (AvgIpc) is 2.43. The Hall–Kier alpha value is -1.59. The molecule has 0 unspecified atom stereocenters. The van der Waals surface area contributed by atoms with Gasteiger partial charge in [0.15, 0.2) is 0 Å². The molecule has 5 nitrogen and oxygen atoms in total. The monoisotopic (exact) mass is 319 g/mol. The Morgan fingerprint density at radius 2 is 1.91 bits per heavy atom. The molecular weight excluding hydrogens is 290 g/mol. The molecule has 2 rings (SSSR count). The van der Waals surface area contributed by atoms with Gasteiger partial charge in [0.05, 0.1) is 0 Å². The van der Waals surface area contributed by atoms with E-state index in [9.17, 15) is 4.79 Å². The van der Waals surface area contributed by atoms with Crippen LogP contribution < -0.4 is 10.6 Å². The zero-order chi connectivity index (χ0) is 17.0. The van der Waals surface area contributed by atoms with Gasteiger partial charge in [-0.2, -0.15) is 0 Å². The van der Waals surface area contributed by atoms with Crippen LogP contribution in [0.2, 0.25) is 0 Å². The molecule has 1 aromatic carbocycles. The molecule has 1 fully saturated rings. The van der Waals surface area contributed by atoms with E-state index in [-0.39, 0.29) is 0 Å². The van der Waals surface area contributed by atoms with E-state index >= 15 is 0 Å². The van der Waals surface area contributed by atoms with Crippen LogP contribution in [0.5, 0.6) is 0 Å². The van der Waals surface area contributed by atoms with Crippen LogP contribution in [-0.2, 0) is 11.3 Å². The number of hydrogen-bond acceptors (Lipinski definition) is 4. The van der Waals surface area contributed by atoms with Crippen molar-refractivity contribution in [2.45, 2.75) is 46.8 Å². The van der Waals surface area contributed by atoms with E-state index < -0.39 is 11.7 Å². The average molecular weight is 319 g/mol. The van der Waals surface area contributed by atoms with E-state index in [0.29, 0.717) is 0 Å². The third kappa shape index (κ3) is 5.52. The summed E-state index contributed by atoms with van der Waals surface area (Å²) < 4.78 is 5.36. The first-order chi connectivity index (χ1) is 10.7. The Balaban J connectivity index is 2.10. The molecule has 128 valence electrons. The summed E-state index contributed by atoms with van der Waals surface area (Å²) in [4.78, 5) is 14.5. The van der Waals surface area contributed by atoms with Gasteiger partial charge in [-0.1, -0.05) is 6.07 Å². The van der Waals surface area contributed by atoms with Crippen LogP contribution in [0.15, 0.2) is 12.1 Å². The standard InChI is InChI=1S/C18H29N3O2/c1-13-10-15(12-21-8-6-19-7-9-21)11-16(14(13)2)20-17(22)23-18(3,4)5/h10-11,19H,6-9,12H2,1-5H3,(H,20,22). The number of ether oxygens (including phenoxy) is 1. The van der Waals surface area contributed by atoms with E-state index in [1.54, 1.807) is 0 Å². The van der Waals surface area contributed by atoms with Crippen molar-refractivity contribution in [3.63, 3.8) is 0 Å². The predicted molar refractivity (Wildman–Crippen MR) is 93.9 cm³/mol. The van der Waals surface area contributed by atoms with Gasteiger partial charge >= 0.3 is 6.09 Å². The van der Waals surface area contributed by atoms with E-state index in [1.165, 1.54) is 11.1 Å². The van der Waals surface area contributed by atoms with Crippen molar-refractivity contribution in [1.82, 2.24) is 10.2 Å². The third-order valence-electron chi connectivity index (χ3n) is 3.98. The second-order valence-corrected chi connectivity index (χ2v) is 7.24. The fourth-order valence-electron chi connectivity index (χ4n) is 2.70. The number of nitrogens with zero attached hydrogens (tertiary/aromatic N) is 1. The normalized spacial score (nSPS) is 16.2. The number of aryl methyl sites for hydroxylation is 1. The van der Waals surface area contributed by atoms with Gasteiger partial charge in [-0.3, -0.25) is 10.2 Å². The second kappa shape index (κ2) is 7.32. The number of piperazine rings is 1. The van der Waals surface area contributed by atoms with E-state index in [4.69, 9.17) is 4.74 Å². The number of carbonyl (C=O) groups excluding carboxylic acids is 1. The molecule has 1 amide bonds. The summed E-state index contributed by atoms with van der Waals surface area (Å²) in [6, 6.07) is 4.27. The zero-order valence-corrected chi connectivity index (χ0v) is 15.0. The molecule has 0 aromatic heterocycles. The number of benzene rings is 1. The molecule has 1 heterocycles. The fraction of sp³-hybridized carbons (Fsp3) is 0.611. The third-order valence-corrected chi connectivity index (χ3v) is 3.98. The highest BCUT2D eigenvalue weighted by Crippen LogP contribution is 2.23. The van der Waals surface area contributed by atoms with Gasteiger partial charge < -0.3 is 10.1 Å². The van der Waals surface area contributed by atoms with Crippen LogP contribution in [0.4, 0.5) is 10.5 Å². The lowest BCUT2D eigenvalue weighted by Crippen LogP contribution is -2.42. The number of hydrogen-bond donors (Lipinski definition) is 2. The van der Waals surface area contributed by atoms with Gasteiger partial charge in [-0.05, 0) is 57.4 Å². The van der Waals surface area contributed by atoms with Crippen LogP contribution in [0, 0.1) is 13.8 Å². The smallest absolute Gasteiger partial charge is 0.412 e. The molecule has 0 saturated carbocycles. The maximum atomic E-state index is 12.0. The molecule has 0 bridgehead atoms. The molecule has 0 aliphatic carbocycles. The summed E-state index contributed by atoms with van der Waals surface area (Å²) in [7, 11) is 0. The minimum atomic E-state index is -0.495. The van der Waals surface area contributed by atoms with Crippen molar-refractivity contribution in [3.8, 4) is 0 Å². The van der Waals surface area contributed by atoms with Crippen molar-refractivity contribution in [2.75, 3.05) is 31.5 Å². The van der Waals surface area contributed by atoms with Gasteiger partial charge in [-0.15, -0.1) is 0 Å². The van der Waals surface area contributed by atoms with Gasteiger partial charge in [0.25, 0.3) is 0 Å². The minimum absolute atomic E-state index is 0.403. The van der Waals surface area contributed by atoms with Gasteiger partial charge in [0, 0.05) is 38.4 Å². The highest BCUT2D eigenvalue weighted by atomic mass is 16.6. The number of anilines is 1. The first-order valence-electron chi connectivity index (χ1n) is 8.28. The zero-order valence-electron chi connectivity index (χ0n) is 15.0. The molecule has 23 heavy (non-hydrogen) atoms. The lowest BCUT2D eigenvalue weighted by molar-refractivity contribution is 0.0636. The summed E-state index contributed by atoms with van der Waals surface area (Å²) in [5.74, 6) is 0. The van der Waals surface area contributed by atoms with Crippen LogP contribution in [-0.4, -0.2) is 42.8 Å². The number of nitrogens with one attached hydrogen (secondary N) is 2. The van der Waals surface area contributed by atoms with E-state index in [2.05, 4.69) is 34.6 Å². The van der Waals surface area contributed by atoms with Crippen molar-refractivity contribution >= 4 is 11.8 Å². The largest absolute Gasteiger partial charge is 0.444 e.